The molecule has 6 heteroatoms. The smallest absolute Gasteiger partial charge is 0.223 e. The molecule has 0 spiro atoms. The highest BCUT2D eigenvalue weighted by Crippen LogP contribution is 2.33. The van der Waals surface area contributed by atoms with Crippen LogP contribution >= 0.6 is 0 Å². The topological polar surface area (TPSA) is 67.3 Å². The van der Waals surface area contributed by atoms with Crippen LogP contribution in [0, 0.1) is 5.92 Å². The van der Waals surface area contributed by atoms with Gasteiger partial charge in [0.2, 0.25) is 5.91 Å². The molecule has 2 aliphatic heterocycles. The number of carbonyl (C=O) groups excluding carboxylic acids is 1. The molecule has 1 aliphatic carbocycles. The first-order chi connectivity index (χ1) is 14.8. The van der Waals surface area contributed by atoms with Crippen LogP contribution in [-0.2, 0) is 22.4 Å². The number of amides is 1. The van der Waals surface area contributed by atoms with Crippen LogP contribution in [0.4, 0.5) is 5.82 Å². The summed E-state index contributed by atoms with van der Waals surface area (Å²) in [6.45, 7) is 3.22. The minimum absolute atomic E-state index is 0.0895. The summed E-state index contributed by atoms with van der Waals surface area (Å²) in [5.41, 5.74) is 3.59. The monoisotopic (exact) mass is 406 g/mol. The minimum Gasteiger partial charge on any atom is -0.379 e. The molecule has 5 rings (SSSR count). The SMILES string of the molecule is O=C(N[C@H]1CCCOC1)C1CCN(c2nc(-c3ccccc3)nc3c2CCC3)CC1. The number of hydrogen-bond acceptors (Lipinski definition) is 5. The molecule has 1 aromatic carbocycles. The number of nitrogens with one attached hydrogen (secondary N) is 1. The summed E-state index contributed by atoms with van der Waals surface area (Å²) in [7, 11) is 0. The van der Waals surface area contributed by atoms with Crippen LogP contribution in [-0.4, -0.2) is 48.2 Å². The molecule has 0 saturated carbocycles. The van der Waals surface area contributed by atoms with E-state index in [2.05, 4.69) is 22.3 Å². The third-order valence-corrected chi connectivity index (χ3v) is 6.62. The molecule has 6 nitrogen and oxygen atoms in total. The maximum atomic E-state index is 12.7. The number of ether oxygens (including phenoxy) is 1. The second-order valence-electron chi connectivity index (χ2n) is 8.70. The van der Waals surface area contributed by atoms with Crippen molar-refractivity contribution in [3.63, 3.8) is 0 Å². The van der Waals surface area contributed by atoms with Gasteiger partial charge in [-0.05, 0) is 44.9 Å². The van der Waals surface area contributed by atoms with E-state index in [0.29, 0.717) is 6.61 Å². The Bertz CT molecular complexity index is 888. The average molecular weight is 407 g/mol. The van der Waals surface area contributed by atoms with Crippen molar-refractivity contribution >= 4 is 11.7 Å². The van der Waals surface area contributed by atoms with E-state index in [9.17, 15) is 4.79 Å². The summed E-state index contributed by atoms with van der Waals surface area (Å²) in [5.74, 6) is 2.20. The van der Waals surface area contributed by atoms with E-state index in [4.69, 9.17) is 14.7 Å². The number of carbonyl (C=O) groups is 1. The standard InChI is InChI=1S/C24H30N4O2/c29-24(25-19-8-5-15-30-16-19)18-11-13-28(14-12-18)23-20-9-4-10-21(20)26-22(27-23)17-6-2-1-3-7-17/h1-3,6-7,18-19H,4-5,8-16H2,(H,25,29)/t19-/m0/s1. The van der Waals surface area contributed by atoms with Gasteiger partial charge in [-0.2, -0.15) is 0 Å². The lowest BCUT2D eigenvalue weighted by Gasteiger charge is -2.34. The van der Waals surface area contributed by atoms with Crippen molar-refractivity contribution in [1.82, 2.24) is 15.3 Å². The maximum absolute atomic E-state index is 12.7. The van der Waals surface area contributed by atoms with E-state index in [1.54, 1.807) is 0 Å². The van der Waals surface area contributed by atoms with Crippen molar-refractivity contribution in [3.8, 4) is 11.4 Å². The molecular weight excluding hydrogens is 376 g/mol. The molecule has 1 aromatic heterocycles. The number of rotatable bonds is 4. The highest BCUT2D eigenvalue weighted by molar-refractivity contribution is 5.79. The second-order valence-corrected chi connectivity index (χ2v) is 8.70. The van der Waals surface area contributed by atoms with Gasteiger partial charge in [-0.15, -0.1) is 0 Å². The Morgan fingerprint density at radius 1 is 1.03 bits per heavy atom. The van der Waals surface area contributed by atoms with E-state index in [-0.39, 0.29) is 17.9 Å². The summed E-state index contributed by atoms with van der Waals surface area (Å²) in [6.07, 6.45) is 7.05. The van der Waals surface area contributed by atoms with Gasteiger partial charge in [0.05, 0.1) is 12.6 Å². The number of anilines is 1. The van der Waals surface area contributed by atoms with E-state index in [0.717, 1.165) is 81.8 Å². The zero-order valence-electron chi connectivity index (χ0n) is 17.5. The zero-order chi connectivity index (χ0) is 20.3. The fourth-order valence-corrected chi connectivity index (χ4v) is 4.92. The second kappa shape index (κ2) is 8.72. The van der Waals surface area contributed by atoms with Crippen molar-refractivity contribution in [1.29, 1.82) is 0 Å². The summed E-state index contributed by atoms with van der Waals surface area (Å²) >= 11 is 0. The number of aryl methyl sites for hydroxylation is 1. The lowest BCUT2D eigenvalue weighted by atomic mass is 9.95. The number of hydrogen-bond donors (Lipinski definition) is 1. The number of piperidine rings is 1. The lowest BCUT2D eigenvalue weighted by molar-refractivity contribution is -0.127. The van der Waals surface area contributed by atoms with Gasteiger partial charge < -0.3 is 15.0 Å². The summed E-state index contributed by atoms with van der Waals surface area (Å²) in [5, 5.41) is 3.21. The quantitative estimate of drug-likeness (QED) is 0.845. The molecule has 0 radical (unpaired) electrons. The molecule has 3 heterocycles. The van der Waals surface area contributed by atoms with E-state index in [1.807, 2.05) is 18.2 Å². The first-order valence-corrected chi connectivity index (χ1v) is 11.4. The van der Waals surface area contributed by atoms with Gasteiger partial charge in [0.1, 0.15) is 5.82 Å². The molecule has 0 bridgehead atoms. The molecule has 0 unspecified atom stereocenters. The van der Waals surface area contributed by atoms with Crippen LogP contribution in [0.2, 0.25) is 0 Å². The first-order valence-electron chi connectivity index (χ1n) is 11.4. The number of fused-ring (bicyclic) bond motifs is 1. The predicted molar refractivity (Wildman–Crippen MR) is 116 cm³/mol. The van der Waals surface area contributed by atoms with Crippen LogP contribution in [0.15, 0.2) is 30.3 Å². The van der Waals surface area contributed by atoms with Crippen molar-refractivity contribution in [3.05, 3.63) is 41.6 Å². The Morgan fingerprint density at radius 2 is 1.87 bits per heavy atom. The Kier molecular flexibility index (Phi) is 5.67. The molecule has 158 valence electrons. The third-order valence-electron chi connectivity index (χ3n) is 6.62. The van der Waals surface area contributed by atoms with E-state index < -0.39 is 0 Å². The Balaban J connectivity index is 1.29. The summed E-state index contributed by atoms with van der Waals surface area (Å²) in [6, 6.07) is 10.4. The normalized spacial score (nSPS) is 22.0. The highest BCUT2D eigenvalue weighted by atomic mass is 16.5. The molecule has 2 saturated heterocycles. The van der Waals surface area contributed by atoms with Gasteiger partial charge in [-0.1, -0.05) is 30.3 Å². The number of nitrogens with zero attached hydrogens (tertiary/aromatic N) is 3. The van der Waals surface area contributed by atoms with E-state index >= 15 is 0 Å². The molecular formula is C24H30N4O2. The summed E-state index contributed by atoms with van der Waals surface area (Å²) in [4.78, 5) is 25.0. The van der Waals surface area contributed by atoms with Gasteiger partial charge in [0, 0.05) is 42.4 Å². The highest BCUT2D eigenvalue weighted by Gasteiger charge is 2.30. The van der Waals surface area contributed by atoms with Gasteiger partial charge in [0.15, 0.2) is 5.82 Å². The average Bonchev–Trinajstić information content (AvgIpc) is 3.29. The molecule has 2 aromatic rings. The van der Waals surface area contributed by atoms with Crippen LogP contribution in [0.1, 0.15) is 43.4 Å². The van der Waals surface area contributed by atoms with Crippen molar-refractivity contribution < 1.29 is 9.53 Å². The Labute approximate surface area is 178 Å². The van der Waals surface area contributed by atoms with Gasteiger partial charge >= 0.3 is 0 Å². The van der Waals surface area contributed by atoms with Crippen LogP contribution in [0.3, 0.4) is 0 Å². The predicted octanol–water partition coefficient (Wildman–Crippen LogP) is 3.14. The van der Waals surface area contributed by atoms with Gasteiger partial charge in [0.25, 0.3) is 0 Å². The molecule has 1 N–H and O–H groups in total. The van der Waals surface area contributed by atoms with Crippen LogP contribution < -0.4 is 10.2 Å². The van der Waals surface area contributed by atoms with Gasteiger partial charge in [-0.3, -0.25) is 4.79 Å². The lowest BCUT2D eigenvalue weighted by Crippen LogP contribution is -2.46. The molecule has 1 amide bonds. The first kappa shape index (κ1) is 19.5. The number of aromatic nitrogens is 2. The fourth-order valence-electron chi connectivity index (χ4n) is 4.92. The molecule has 30 heavy (non-hydrogen) atoms. The van der Waals surface area contributed by atoms with E-state index in [1.165, 1.54) is 11.3 Å². The largest absolute Gasteiger partial charge is 0.379 e. The maximum Gasteiger partial charge on any atom is 0.223 e. The van der Waals surface area contributed by atoms with Crippen molar-refractivity contribution in [2.24, 2.45) is 5.92 Å². The molecule has 3 aliphatic rings. The number of benzene rings is 1. The Morgan fingerprint density at radius 3 is 2.63 bits per heavy atom. The van der Waals surface area contributed by atoms with Crippen molar-refractivity contribution in [2.45, 2.75) is 51.0 Å². The van der Waals surface area contributed by atoms with Crippen LogP contribution in [0.25, 0.3) is 11.4 Å². The Hall–Kier alpha value is -2.47. The molecule has 2 fully saturated rings. The molecule has 1 atom stereocenters. The zero-order valence-corrected chi connectivity index (χ0v) is 17.5. The van der Waals surface area contributed by atoms with Crippen LogP contribution in [0.5, 0.6) is 0 Å². The summed E-state index contributed by atoms with van der Waals surface area (Å²) < 4.78 is 5.50. The van der Waals surface area contributed by atoms with Crippen molar-refractivity contribution in [2.75, 3.05) is 31.2 Å². The minimum atomic E-state index is 0.0895. The fraction of sp³-hybridized carbons (Fsp3) is 0.542. The van der Waals surface area contributed by atoms with Gasteiger partial charge in [-0.25, -0.2) is 9.97 Å². The third kappa shape index (κ3) is 4.06.